The standard InChI is InChI=1S/C38H58N4O6/c1-4-7-10-13-14-17-20-30(36(46)40-42-38(48)32-24-22-29(26-34(32)44)19-16-12-9-6-3)27-35(45)39-41-37(47)31-23-21-28(25-33(31)43)18-15-11-8-5-2/h21-26,30,43-44H,4-20,27H2,1-3H3,(H,39,45)(H,40,46)(H,41,47)(H,42,48). The second-order valence-corrected chi connectivity index (χ2v) is 12.7. The molecule has 2 aromatic rings. The smallest absolute Gasteiger partial charge is 0.273 e. The highest BCUT2D eigenvalue weighted by Gasteiger charge is 2.23. The van der Waals surface area contributed by atoms with E-state index in [4.69, 9.17) is 0 Å². The highest BCUT2D eigenvalue weighted by Crippen LogP contribution is 2.22. The van der Waals surface area contributed by atoms with E-state index in [1.807, 2.05) is 0 Å². The number of unbranched alkanes of at least 4 members (excludes halogenated alkanes) is 11. The molecule has 4 amide bonds. The van der Waals surface area contributed by atoms with Crippen LogP contribution in [0.1, 0.15) is 155 Å². The van der Waals surface area contributed by atoms with E-state index in [1.54, 1.807) is 24.3 Å². The number of nitrogens with one attached hydrogen (secondary N) is 4. The zero-order valence-corrected chi connectivity index (χ0v) is 29.3. The van der Waals surface area contributed by atoms with Crippen molar-refractivity contribution in [1.82, 2.24) is 21.7 Å². The zero-order valence-electron chi connectivity index (χ0n) is 29.3. The van der Waals surface area contributed by atoms with Crippen molar-refractivity contribution in [2.75, 3.05) is 0 Å². The first-order valence-electron chi connectivity index (χ1n) is 18.0. The minimum Gasteiger partial charge on any atom is -0.507 e. The average molecular weight is 667 g/mol. The molecule has 0 saturated heterocycles. The third kappa shape index (κ3) is 15.2. The molecule has 0 radical (unpaired) electrons. The van der Waals surface area contributed by atoms with Crippen LogP contribution in [-0.2, 0) is 22.4 Å². The van der Waals surface area contributed by atoms with Crippen molar-refractivity contribution in [2.45, 2.75) is 136 Å². The summed E-state index contributed by atoms with van der Waals surface area (Å²) in [4.78, 5) is 51.5. The summed E-state index contributed by atoms with van der Waals surface area (Å²) in [7, 11) is 0. The van der Waals surface area contributed by atoms with Crippen LogP contribution in [0.15, 0.2) is 36.4 Å². The number of carbonyl (C=O) groups is 4. The maximum absolute atomic E-state index is 13.2. The molecule has 1 atom stereocenters. The molecule has 0 bridgehead atoms. The summed E-state index contributed by atoms with van der Waals surface area (Å²) in [6.07, 6.45) is 16.6. The lowest BCUT2D eigenvalue weighted by Crippen LogP contribution is -2.47. The first-order valence-corrected chi connectivity index (χ1v) is 18.0. The van der Waals surface area contributed by atoms with Crippen LogP contribution in [0.25, 0.3) is 0 Å². The number of aromatic hydroxyl groups is 2. The summed E-state index contributed by atoms with van der Waals surface area (Å²) in [6, 6.07) is 9.80. The van der Waals surface area contributed by atoms with Gasteiger partial charge in [0.1, 0.15) is 11.5 Å². The van der Waals surface area contributed by atoms with E-state index in [9.17, 15) is 29.4 Å². The molecule has 0 aliphatic rings. The van der Waals surface area contributed by atoms with Gasteiger partial charge in [-0.05, 0) is 67.5 Å². The number of phenols is 2. The number of hydrogen-bond donors (Lipinski definition) is 6. The van der Waals surface area contributed by atoms with Gasteiger partial charge in [-0.25, -0.2) is 0 Å². The third-order valence-electron chi connectivity index (χ3n) is 8.57. The molecule has 2 rings (SSSR count). The van der Waals surface area contributed by atoms with Gasteiger partial charge in [0.15, 0.2) is 0 Å². The van der Waals surface area contributed by atoms with Crippen LogP contribution in [0.5, 0.6) is 11.5 Å². The van der Waals surface area contributed by atoms with Crippen molar-refractivity contribution in [3.05, 3.63) is 58.7 Å². The Balaban J connectivity index is 1.94. The molecule has 10 heteroatoms. The van der Waals surface area contributed by atoms with Crippen LogP contribution >= 0.6 is 0 Å². The molecule has 0 fully saturated rings. The minimum atomic E-state index is -0.770. The molecule has 0 aliphatic heterocycles. The van der Waals surface area contributed by atoms with Gasteiger partial charge >= 0.3 is 0 Å². The number of benzene rings is 2. The Hall–Kier alpha value is -4.08. The van der Waals surface area contributed by atoms with Crippen molar-refractivity contribution in [1.29, 1.82) is 0 Å². The van der Waals surface area contributed by atoms with E-state index in [0.717, 1.165) is 107 Å². The highest BCUT2D eigenvalue weighted by molar-refractivity contribution is 5.99. The lowest BCUT2D eigenvalue weighted by atomic mass is 9.96. The predicted octanol–water partition coefficient (Wildman–Crippen LogP) is 7.32. The summed E-state index contributed by atoms with van der Waals surface area (Å²) in [5.74, 6) is -3.57. The maximum atomic E-state index is 13.2. The monoisotopic (exact) mass is 666 g/mol. The Labute approximate surface area is 286 Å². The molecule has 266 valence electrons. The Morgan fingerprint density at radius 2 is 1.00 bits per heavy atom. The quantitative estimate of drug-likeness (QED) is 0.0571. The highest BCUT2D eigenvalue weighted by atomic mass is 16.3. The Morgan fingerprint density at radius 1 is 0.562 bits per heavy atom. The lowest BCUT2D eigenvalue weighted by molar-refractivity contribution is -0.131. The van der Waals surface area contributed by atoms with E-state index in [-0.39, 0.29) is 29.0 Å². The third-order valence-corrected chi connectivity index (χ3v) is 8.57. The first-order chi connectivity index (χ1) is 23.2. The summed E-state index contributed by atoms with van der Waals surface area (Å²) < 4.78 is 0. The van der Waals surface area contributed by atoms with Crippen LogP contribution < -0.4 is 21.7 Å². The number of hydrazine groups is 2. The number of rotatable bonds is 22. The van der Waals surface area contributed by atoms with Crippen molar-refractivity contribution < 1.29 is 29.4 Å². The number of phenolic OH excluding ortho intramolecular Hbond substituents is 2. The maximum Gasteiger partial charge on any atom is 0.273 e. The fourth-order valence-electron chi connectivity index (χ4n) is 5.61. The first kappa shape index (κ1) is 40.1. The van der Waals surface area contributed by atoms with Gasteiger partial charge in [0, 0.05) is 12.3 Å². The molecule has 10 nitrogen and oxygen atoms in total. The van der Waals surface area contributed by atoms with Crippen LogP contribution in [0.3, 0.4) is 0 Å². The summed E-state index contributed by atoms with van der Waals surface area (Å²) in [6.45, 7) is 6.43. The van der Waals surface area contributed by atoms with Gasteiger partial charge in [0.25, 0.3) is 11.8 Å². The fourth-order valence-corrected chi connectivity index (χ4v) is 5.61. The van der Waals surface area contributed by atoms with Crippen molar-refractivity contribution in [3.8, 4) is 11.5 Å². The average Bonchev–Trinajstić information content (AvgIpc) is 3.07. The minimum absolute atomic E-state index is 0.0319. The largest absolute Gasteiger partial charge is 0.507 e. The van der Waals surface area contributed by atoms with E-state index < -0.39 is 29.5 Å². The van der Waals surface area contributed by atoms with Gasteiger partial charge in [-0.1, -0.05) is 110 Å². The lowest BCUT2D eigenvalue weighted by Gasteiger charge is -2.18. The van der Waals surface area contributed by atoms with Gasteiger partial charge in [-0.3, -0.25) is 40.9 Å². The van der Waals surface area contributed by atoms with Gasteiger partial charge in [-0.2, -0.15) is 0 Å². The molecule has 0 aromatic heterocycles. The van der Waals surface area contributed by atoms with E-state index in [0.29, 0.717) is 12.8 Å². The second-order valence-electron chi connectivity index (χ2n) is 12.7. The number of hydrogen-bond acceptors (Lipinski definition) is 6. The molecule has 0 heterocycles. The zero-order chi connectivity index (χ0) is 35.1. The van der Waals surface area contributed by atoms with Gasteiger partial charge in [-0.15, -0.1) is 0 Å². The molecule has 0 spiro atoms. The number of carbonyl (C=O) groups excluding carboxylic acids is 4. The molecule has 2 aromatic carbocycles. The molecular weight excluding hydrogens is 608 g/mol. The van der Waals surface area contributed by atoms with Gasteiger partial charge in [0.2, 0.25) is 11.8 Å². The second kappa shape index (κ2) is 23.3. The number of aryl methyl sites for hydroxylation is 2. The van der Waals surface area contributed by atoms with E-state index >= 15 is 0 Å². The molecule has 48 heavy (non-hydrogen) atoms. The summed E-state index contributed by atoms with van der Waals surface area (Å²) in [5.41, 5.74) is 11.4. The summed E-state index contributed by atoms with van der Waals surface area (Å²) in [5, 5.41) is 20.9. The van der Waals surface area contributed by atoms with Crippen molar-refractivity contribution >= 4 is 23.6 Å². The molecular formula is C38H58N4O6. The van der Waals surface area contributed by atoms with Crippen LogP contribution in [-0.4, -0.2) is 33.8 Å². The Kier molecular flexibility index (Phi) is 19.4. The van der Waals surface area contributed by atoms with Gasteiger partial charge < -0.3 is 10.2 Å². The van der Waals surface area contributed by atoms with Crippen LogP contribution in [0.4, 0.5) is 0 Å². The SMILES string of the molecule is CCCCCCCCC(CC(=O)NNC(=O)c1ccc(CCCCCC)cc1O)C(=O)NNC(=O)c1ccc(CCCCCC)cc1O. The van der Waals surface area contributed by atoms with Gasteiger partial charge in [0.05, 0.1) is 11.1 Å². The topological polar surface area (TPSA) is 157 Å². The summed E-state index contributed by atoms with van der Waals surface area (Å²) >= 11 is 0. The molecule has 6 N–H and O–H groups in total. The number of amides is 4. The van der Waals surface area contributed by atoms with Crippen LogP contribution in [0, 0.1) is 5.92 Å². The van der Waals surface area contributed by atoms with Crippen molar-refractivity contribution in [3.63, 3.8) is 0 Å². The fraction of sp³-hybridized carbons (Fsp3) is 0.579. The molecule has 1 unspecified atom stereocenters. The molecule has 0 saturated carbocycles. The Morgan fingerprint density at radius 3 is 1.48 bits per heavy atom. The van der Waals surface area contributed by atoms with E-state index in [2.05, 4.69) is 42.5 Å². The van der Waals surface area contributed by atoms with Crippen LogP contribution in [0.2, 0.25) is 0 Å². The predicted molar refractivity (Wildman–Crippen MR) is 189 cm³/mol. The Bertz CT molecular complexity index is 1300. The van der Waals surface area contributed by atoms with Crippen molar-refractivity contribution in [2.24, 2.45) is 5.92 Å². The normalized spacial score (nSPS) is 11.5. The van der Waals surface area contributed by atoms with E-state index in [1.165, 1.54) is 12.1 Å². The molecule has 0 aliphatic carbocycles.